The number of nitrogens with zero attached hydrogens (tertiary/aromatic N) is 4. The first-order chi connectivity index (χ1) is 13.8. The number of benzene rings is 1. The van der Waals surface area contributed by atoms with Crippen LogP contribution >= 0.6 is 11.8 Å². The summed E-state index contributed by atoms with van der Waals surface area (Å²) in [6, 6.07) is 5.82. The minimum atomic E-state index is -0.758. The number of amides is 2. The first-order valence-corrected chi connectivity index (χ1v) is 9.59. The highest BCUT2D eigenvalue weighted by Gasteiger charge is 2.18. The Morgan fingerprint density at radius 2 is 2.07 bits per heavy atom. The highest BCUT2D eigenvalue weighted by molar-refractivity contribution is 8.00. The Labute approximate surface area is 169 Å². The average molecular weight is 414 g/mol. The zero-order valence-electron chi connectivity index (χ0n) is 15.7. The van der Waals surface area contributed by atoms with Crippen molar-refractivity contribution in [2.75, 3.05) is 11.1 Å². The van der Waals surface area contributed by atoms with Gasteiger partial charge in [-0.2, -0.15) is 5.10 Å². The molecule has 0 aliphatic heterocycles. The van der Waals surface area contributed by atoms with Crippen molar-refractivity contribution in [2.45, 2.75) is 24.8 Å². The molecule has 29 heavy (non-hydrogen) atoms. The number of pyridine rings is 1. The molecule has 3 N–H and O–H groups in total. The molecule has 11 heteroatoms. The number of nitro benzene ring substituents is 1. The topological polar surface area (TPSA) is 146 Å². The van der Waals surface area contributed by atoms with E-state index >= 15 is 0 Å². The summed E-state index contributed by atoms with van der Waals surface area (Å²) >= 11 is 0.992. The lowest BCUT2D eigenvalue weighted by molar-refractivity contribution is -0.387. The van der Waals surface area contributed by atoms with Crippen LogP contribution < -0.4 is 11.1 Å². The van der Waals surface area contributed by atoms with Crippen LogP contribution in [0.5, 0.6) is 0 Å². The Morgan fingerprint density at radius 3 is 2.72 bits per heavy atom. The third-order valence-corrected chi connectivity index (χ3v) is 5.07. The van der Waals surface area contributed by atoms with E-state index in [0.717, 1.165) is 28.9 Å². The van der Waals surface area contributed by atoms with Crippen molar-refractivity contribution in [1.29, 1.82) is 0 Å². The molecule has 2 amide bonds. The molecule has 0 atom stereocenters. The number of primary amides is 1. The van der Waals surface area contributed by atoms with Gasteiger partial charge in [-0.3, -0.25) is 19.7 Å². The quantitative estimate of drug-likeness (QED) is 0.343. The van der Waals surface area contributed by atoms with Crippen LogP contribution in [0.15, 0.2) is 41.6 Å². The number of hydrogen-bond donors (Lipinski definition) is 2. The molecule has 0 fully saturated rings. The molecule has 0 radical (unpaired) electrons. The number of nitro groups is 1. The highest BCUT2D eigenvalue weighted by atomic mass is 32.2. The largest absolute Gasteiger partial charge is 0.366 e. The van der Waals surface area contributed by atoms with Crippen LogP contribution in [0, 0.1) is 10.1 Å². The lowest BCUT2D eigenvalue weighted by Crippen LogP contribution is -2.14. The summed E-state index contributed by atoms with van der Waals surface area (Å²) in [5.41, 5.74) is 6.14. The number of anilines is 1. The highest BCUT2D eigenvalue weighted by Crippen LogP contribution is 2.30. The molecular weight excluding hydrogens is 396 g/mol. The normalized spacial score (nSPS) is 11.0. The van der Waals surface area contributed by atoms with Crippen LogP contribution in [0.25, 0.3) is 11.0 Å². The van der Waals surface area contributed by atoms with Crippen LogP contribution in [-0.4, -0.2) is 37.3 Å². The van der Waals surface area contributed by atoms with Crippen LogP contribution in [-0.2, 0) is 4.79 Å². The third kappa shape index (κ3) is 4.51. The Morgan fingerprint density at radius 1 is 1.31 bits per heavy atom. The van der Waals surface area contributed by atoms with Gasteiger partial charge in [0.2, 0.25) is 11.8 Å². The van der Waals surface area contributed by atoms with Gasteiger partial charge in [-0.25, -0.2) is 9.67 Å². The van der Waals surface area contributed by atoms with E-state index in [1.165, 1.54) is 18.3 Å². The number of thioether (sulfide) groups is 1. The molecule has 150 valence electrons. The second-order valence-corrected chi connectivity index (χ2v) is 7.48. The summed E-state index contributed by atoms with van der Waals surface area (Å²) in [6.45, 7) is 3.99. The van der Waals surface area contributed by atoms with Crippen molar-refractivity contribution in [3.63, 3.8) is 0 Å². The molecule has 0 bridgehead atoms. The number of hydrogen-bond acceptors (Lipinski definition) is 7. The SMILES string of the molecule is CC(C)n1ncc2cc(NC(=O)CSc3ccc(C(N)=O)cc3[N+](=O)[O-])cnc21. The van der Waals surface area contributed by atoms with Gasteiger partial charge in [-0.1, -0.05) is 0 Å². The monoisotopic (exact) mass is 414 g/mol. The molecule has 0 saturated carbocycles. The minimum absolute atomic E-state index is 0.0341. The molecule has 3 rings (SSSR count). The van der Waals surface area contributed by atoms with Gasteiger partial charge in [-0.05, 0) is 32.0 Å². The maximum atomic E-state index is 12.3. The predicted molar refractivity (Wildman–Crippen MR) is 109 cm³/mol. The number of nitrogens with one attached hydrogen (secondary N) is 1. The maximum absolute atomic E-state index is 12.3. The molecule has 3 aromatic rings. The fourth-order valence-corrected chi connectivity index (χ4v) is 3.47. The molecule has 0 aliphatic rings. The Hall–Kier alpha value is -3.47. The molecule has 2 heterocycles. The van der Waals surface area contributed by atoms with E-state index in [4.69, 9.17) is 5.73 Å². The standard InChI is InChI=1S/C18H18N6O4S/c1-10(2)23-18-12(7-21-23)5-13(8-20-18)22-16(25)9-29-15-4-3-11(17(19)26)6-14(15)24(27)28/h3-8,10H,9H2,1-2H3,(H2,19,26)(H,22,25). The van der Waals surface area contributed by atoms with Gasteiger partial charge < -0.3 is 11.1 Å². The molecule has 2 aromatic heterocycles. The van der Waals surface area contributed by atoms with Crippen molar-refractivity contribution in [3.05, 3.63) is 52.3 Å². The second-order valence-electron chi connectivity index (χ2n) is 6.46. The van der Waals surface area contributed by atoms with Crippen molar-refractivity contribution < 1.29 is 14.5 Å². The zero-order chi connectivity index (χ0) is 21.1. The van der Waals surface area contributed by atoms with Gasteiger partial charge in [0.25, 0.3) is 5.69 Å². The van der Waals surface area contributed by atoms with Crippen molar-refractivity contribution in [3.8, 4) is 0 Å². The molecule has 10 nitrogen and oxygen atoms in total. The summed E-state index contributed by atoms with van der Waals surface area (Å²) in [6.07, 6.45) is 3.21. The molecule has 1 aromatic carbocycles. The van der Waals surface area contributed by atoms with Crippen LogP contribution in [0.1, 0.15) is 30.2 Å². The van der Waals surface area contributed by atoms with Crippen molar-refractivity contribution in [2.24, 2.45) is 5.73 Å². The van der Waals surface area contributed by atoms with E-state index < -0.39 is 10.8 Å². The van der Waals surface area contributed by atoms with Crippen molar-refractivity contribution >= 4 is 46.0 Å². The smallest absolute Gasteiger partial charge is 0.283 e. The van der Waals surface area contributed by atoms with Gasteiger partial charge >= 0.3 is 0 Å². The summed E-state index contributed by atoms with van der Waals surface area (Å²) in [4.78, 5) is 38.7. The minimum Gasteiger partial charge on any atom is -0.366 e. The average Bonchev–Trinajstić information content (AvgIpc) is 3.09. The van der Waals surface area contributed by atoms with Crippen molar-refractivity contribution in [1.82, 2.24) is 14.8 Å². The van der Waals surface area contributed by atoms with Crippen LogP contribution in [0.2, 0.25) is 0 Å². The summed E-state index contributed by atoms with van der Waals surface area (Å²) in [5.74, 6) is -1.16. The van der Waals surface area contributed by atoms with E-state index in [2.05, 4.69) is 15.4 Å². The number of nitrogens with two attached hydrogens (primary N) is 1. The molecule has 0 spiro atoms. The van der Waals surface area contributed by atoms with Gasteiger partial charge in [0.05, 0.1) is 33.7 Å². The summed E-state index contributed by atoms with van der Waals surface area (Å²) < 4.78 is 1.78. The number of rotatable bonds is 7. The summed E-state index contributed by atoms with van der Waals surface area (Å²) in [7, 11) is 0. The first-order valence-electron chi connectivity index (χ1n) is 8.60. The molecule has 0 aliphatic carbocycles. The van der Waals surface area contributed by atoms with E-state index in [1.54, 1.807) is 16.9 Å². The number of aromatic nitrogens is 3. The fraction of sp³-hybridized carbons (Fsp3) is 0.222. The van der Waals surface area contributed by atoms with E-state index in [1.807, 2.05) is 13.8 Å². The Kier molecular flexibility index (Phi) is 5.78. The van der Waals surface area contributed by atoms with Gasteiger partial charge in [0.15, 0.2) is 5.65 Å². The van der Waals surface area contributed by atoms with Crippen LogP contribution in [0.3, 0.4) is 0 Å². The van der Waals surface area contributed by atoms with Gasteiger partial charge in [0.1, 0.15) is 0 Å². The molecule has 0 unspecified atom stereocenters. The van der Waals surface area contributed by atoms with E-state index in [-0.39, 0.29) is 33.8 Å². The van der Waals surface area contributed by atoms with Crippen LogP contribution in [0.4, 0.5) is 11.4 Å². The predicted octanol–water partition coefficient (Wildman–Crippen LogP) is 2.75. The number of carbonyl (C=O) groups excluding carboxylic acids is 2. The lowest BCUT2D eigenvalue weighted by atomic mass is 10.2. The van der Waals surface area contributed by atoms with Gasteiger partial charge in [0, 0.05) is 23.1 Å². The van der Waals surface area contributed by atoms with E-state index in [9.17, 15) is 19.7 Å². The maximum Gasteiger partial charge on any atom is 0.283 e. The number of carbonyl (C=O) groups is 2. The molecular formula is C18H18N6O4S. The third-order valence-electron chi connectivity index (χ3n) is 4.01. The Balaban J connectivity index is 1.69. The Bertz CT molecular complexity index is 1110. The zero-order valence-corrected chi connectivity index (χ0v) is 16.5. The number of fused-ring (bicyclic) bond motifs is 1. The van der Waals surface area contributed by atoms with E-state index in [0.29, 0.717) is 5.69 Å². The first kappa shape index (κ1) is 20.3. The fourth-order valence-electron chi connectivity index (χ4n) is 2.66. The lowest BCUT2D eigenvalue weighted by Gasteiger charge is -2.08. The molecule has 0 saturated heterocycles. The van der Waals surface area contributed by atoms with Gasteiger partial charge in [-0.15, -0.1) is 11.8 Å². The second kappa shape index (κ2) is 8.27. The summed E-state index contributed by atoms with van der Waals surface area (Å²) in [5, 5.41) is 19.0.